The van der Waals surface area contributed by atoms with E-state index in [2.05, 4.69) is 24.1 Å². The quantitative estimate of drug-likeness (QED) is 0.722. The second kappa shape index (κ2) is 8.48. The molecule has 1 rings (SSSR count). The maximum Gasteiger partial charge on any atom is 0.236 e. The summed E-state index contributed by atoms with van der Waals surface area (Å²) in [5.41, 5.74) is 5.82. The van der Waals surface area contributed by atoms with Crippen LogP contribution in [0.5, 0.6) is 0 Å². The summed E-state index contributed by atoms with van der Waals surface area (Å²) < 4.78 is 0. The van der Waals surface area contributed by atoms with E-state index in [-0.39, 0.29) is 11.9 Å². The Labute approximate surface area is 111 Å². The molecule has 18 heavy (non-hydrogen) atoms. The van der Waals surface area contributed by atoms with Crippen molar-refractivity contribution in [3.63, 3.8) is 0 Å². The normalized spacial score (nSPS) is 19.7. The minimum absolute atomic E-state index is 0.00817. The standard InChI is InChI=1S/C14H29N3O/c1-3-4-5-13(15)14(18)16-8-11-17-9-6-12(2)7-10-17/h12-13H,3-11,15H2,1-2H3,(H,16,18)/t13-/m0/s1. The maximum absolute atomic E-state index is 11.7. The van der Waals surface area contributed by atoms with Gasteiger partial charge >= 0.3 is 0 Å². The number of carbonyl (C=O) groups is 1. The first kappa shape index (κ1) is 15.4. The number of unbranched alkanes of at least 4 members (excludes halogenated alkanes) is 1. The van der Waals surface area contributed by atoms with Gasteiger partial charge in [-0.05, 0) is 38.3 Å². The third kappa shape index (κ3) is 5.83. The molecule has 3 N–H and O–H groups in total. The highest BCUT2D eigenvalue weighted by atomic mass is 16.2. The molecular weight excluding hydrogens is 226 g/mol. The van der Waals surface area contributed by atoms with E-state index < -0.39 is 0 Å². The van der Waals surface area contributed by atoms with Crippen molar-refractivity contribution in [2.45, 2.75) is 52.0 Å². The lowest BCUT2D eigenvalue weighted by Gasteiger charge is -2.30. The Balaban J connectivity index is 2.08. The van der Waals surface area contributed by atoms with Crippen molar-refractivity contribution in [1.29, 1.82) is 0 Å². The highest BCUT2D eigenvalue weighted by molar-refractivity contribution is 5.81. The summed E-state index contributed by atoms with van der Waals surface area (Å²) in [6, 6.07) is -0.327. The molecule has 0 radical (unpaired) electrons. The van der Waals surface area contributed by atoms with Gasteiger partial charge in [-0.1, -0.05) is 26.7 Å². The van der Waals surface area contributed by atoms with Crippen molar-refractivity contribution in [1.82, 2.24) is 10.2 Å². The van der Waals surface area contributed by atoms with E-state index >= 15 is 0 Å². The van der Waals surface area contributed by atoms with Gasteiger partial charge in [0.25, 0.3) is 0 Å². The molecule has 4 heteroatoms. The van der Waals surface area contributed by atoms with Crippen LogP contribution in [-0.2, 0) is 4.79 Å². The first-order valence-electron chi connectivity index (χ1n) is 7.39. The largest absolute Gasteiger partial charge is 0.353 e. The van der Waals surface area contributed by atoms with E-state index in [1.807, 2.05) is 0 Å². The molecule has 1 aliphatic heterocycles. The summed E-state index contributed by atoms with van der Waals surface area (Å²) in [4.78, 5) is 14.1. The minimum atomic E-state index is -0.327. The first-order valence-corrected chi connectivity index (χ1v) is 7.39. The molecule has 0 aromatic rings. The van der Waals surface area contributed by atoms with Crippen molar-refractivity contribution >= 4 is 5.91 Å². The Morgan fingerprint density at radius 2 is 2.11 bits per heavy atom. The Morgan fingerprint density at radius 1 is 1.44 bits per heavy atom. The number of rotatable bonds is 7. The predicted octanol–water partition coefficient (Wildman–Crippen LogP) is 1.35. The van der Waals surface area contributed by atoms with Crippen LogP contribution < -0.4 is 11.1 Å². The lowest BCUT2D eigenvalue weighted by Crippen LogP contribution is -2.44. The summed E-state index contributed by atoms with van der Waals surface area (Å²) in [6.45, 7) is 8.44. The van der Waals surface area contributed by atoms with Crippen LogP contribution in [0.15, 0.2) is 0 Å². The van der Waals surface area contributed by atoms with Gasteiger partial charge in [0, 0.05) is 13.1 Å². The van der Waals surface area contributed by atoms with Crippen LogP contribution in [0.4, 0.5) is 0 Å². The Morgan fingerprint density at radius 3 is 2.72 bits per heavy atom. The molecular formula is C14H29N3O. The van der Waals surface area contributed by atoms with E-state index in [4.69, 9.17) is 5.73 Å². The van der Waals surface area contributed by atoms with Crippen LogP contribution in [0.2, 0.25) is 0 Å². The summed E-state index contributed by atoms with van der Waals surface area (Å²) in [6.07, 6.45) is 5.48. The maximum atomic E-state index is 11.7. The molecule has 106 valence electrons. The van der Waals surface area contributed by atoms with Crippen molar-refractivity contribution in [2.75, 3.05) is 26.2 Å². The number of likely N-dealkylation sites (tertiary alicyclic amines) is 1. The fourth-order valence-electron chi connectivity index (χ4n) is 2.31. The molecule has 1 aliphatic rings. The molecule has 4 nitrogen and oxygen atoms in total. The van der Waals surface area contributed by atoms with Gasteiger partial charge in [0.05, 0.1) is 6.04 Å². The van der Waals surface area contributed by atoms with Gasteiger partial charge in [-0.25, -0.2) is 0 Å². The highest BCUT2D eigenvalue weighted by Crippen LogP contribution is 2.15. The van der Waals surface area contributed by atoms with Gasteiger partial charge in [-0.3, -0.25) is 4.79 Å². The van der Waals surface area contributed by atoms with Crippen LogP contribution in [-0.4, -0.2) is 43.0 Å². The SMILES string of the molecule is CCCC[C@H](N)C(=O)NCCN1CCC(C)CC1. The Hall–Kier alpha value is -0.610. The summed E-state index contributed by atoms with van der Waals surface area (Å²) in [5.74, 6) is 0.868. The number of nitrogens with one attached hydrogen (secondary N) is 1. The van der Waals surface area contributed by atoms with Crippen molar-refractivity contribution in [2.24, 2.45) is 11.7 Å². The van der Waals surface area contributed by atoms with Crippen LogP contribution in [0.1, 0.15) is 46.0 Å². The number of hydrogen-bond acceptors (Lipinski definition) is 3. The molecule has 0 aliphatic carbocycles. The van der Waals surface area contributed by atoms with E-state index in [9.17, 15) is 4.79 Å². The van der Waals surface area contributed by atoms with Crippen LogP contribution in [0, 0.1) is 5.92 Å². The number of piperidine rings is 1. The first-order chi connectivity index (χ1) is 8.63. The fraction of sp³-hybridized carbons (Fsp3) is 0.929. The van der Waals surface area contributed by atoms with Crippen molar-refractivity contribution in [3.05, 3.63) is 0 Å². The van der Waals surface area contributed by atoms with Gasteiger partial charge < -0.3 is 16.0 Å². The fourth-order valence-corrected chi connectivity index (χ4v) is 2.31. The molecule has 1 heterocycles. The van der Waals surface area contributed by atoms with Crippen LogP contribution in [0.3, 0.4) is 0 Å². The predicted molar refractivity (Wildman–Crippen MR) is 75.3 cm³/mol. The molecule has 0 saturated carbocycles. The van der Waals surface area contributed by atoms with E-state index in [0.717, 1.165) is 38.3 Å². The van der Waals surface area contributed by atoms with Gasteiger partial charge in [-0.2, -0.15) is 0 Å². The summed E-state index contributed by atoms with van der Waals surface area (Å²) in [7, 11) is 0. The van der Waals surface area contributed by atoms with Gasteiger partial charge in [-0.15, -0.1) is 0 Å². The number of nitrogens with two attached hydrogens (primary N) is 1. The zero-order valence-corrected chi connectivity index (χ0v) is 12.0. The number of carbonyl (C=O) groups excluding carboxylic acids is 1. The summed E-state index contributed by atoms with van der Waals surface area (Å²) >= 11 is 0. The lowest BCUT2D eigenvalue weighted by atomic mass is 9.99. The smallest absolute Gasteiger partial charge is 0.236 e. The molecule has 0 aromatic heterocycles. The highest BCUT2D eigenvalue weighted by Gasteiger charge is 2.16. The topological polar surface area (TPSA) is 58.4 Å². The minimum Gasteiger partial charge on any atom is -0.353 e. The third-order valence-electron chi connectivity index (χ3n) is 3.81. The molecule has 1 saturated heterocycles. The second-order valence-electron chi connectivity index (χ2n) is 5.56. The monoisotopic (exact) mass is 255 g/mol. The molecule has 1 atom stereocenters. The molecule has 1 fully saturated rings. The molecule has 0 unspecified atom stereocenters. The van der Waals surface area contributed by atoms with Crippen LogP contribution >= 0.6 is 0 Å². The van der Waals surface area contributed by atoms with Gasteiger partial charge in [0.2, 0.25) is 5.91 Å². The summed E-state index contributed by atoms with van der Waals surface area (Å²) in [5, 5.41) is 2.94. The average molecular weight is 255 g/mol. The zero-order valence-electron chi connectivity index (χ0n) is 12.0. The number of amides is 1. The van der Waals surface area contributed by atoms with Gasteiger partial charge in [0.15, 0.2) is 0 Å². The van der Waals surface area contributed by atoms with E-state index in [0.29, 0.717) is 0 Å². The lowest BCUT2D eigenvalue weighted by molar-refractivity contribution is -0.122. The van der Waals surface area contributed by atoms with Crippen molar-refractivity contribution < 1.29 is 4.79 Å². The van der Waals surface area contributed by atoms with Crippen LogP contribution in [0.25, 0.3) is 0 Å². The van der Waals surface area contributed by atoms with Gasteiger partial charge in [0.1, 0.15) is 0 Å². The van der Waals surface area contributed by atoms with E-state index in [1.165, 1.54) is 25.9 Å². The molecule has 0 bridgehead atoms. The van der Waals surface area contributed by atoms with Crippen molar-refractivity contribution in [3.8, 4) is 0 Å². The Kier molecular flexibility index (Phi) is 7.28. The molecule has 0 aromatic carbocycles. The van der Waals surface area contributed by atoms with E-state index in [1.54, 1.807) is 0 Å². The molecule has 0 spiro atoms. The second-order valence-corrected chi connectivity index (χ2v) is 5.56. The number of hydrogen-bond donors (Lipinski definition) is 2. The Bertz CT molecular complexity index is 237. The number of nitrogens with zero attached hydrogens (tertiary/aromatic N) is 1. The molecule has 1 amide bonds. The zero-order chi connectivity index (χ0) is 13.4. The average Bonchev–Trinajstić information content (AvgIpc) is 2.38. The third-order valence-corrected chi connectivity index (χ3v) is 3.81.